The highest BCUT2D eigenvalue weighted by Crippen LogP contribution is 2.52. The number of nitrogens with one attached hydrogen (secondary N) is 2. The average Bonchev–Trinajstić information content (AvgIpc) is 1.43. The zero-order chi connectivity index (χ0) is 68.6. The Morgan fingerprint density at radius 2 is 1.13 bits per heavy atom. The van der Waals surface area contributed by atoms with Gasteiger partial charge < -0.3 is 34.7 Å². The average molecular weight is 1310 g/mol. The highest BCUT2D eigenvalue weighted by molar-refractivity contribution is 8.04. The molecule has 2 saturated carbocycles. The molecule has 2 heterocycles. The van der Waals surface area contributed by atoms with Crippen molar-refractivity contribution in [2.45, 2.75) is 256 Å². The number of H-pyrrole nitrogens is 1. The number of thioether (sulfide) groups is 3. The summed E-state index contributed by atoms with van der Waals surface area (Å²) < 4.78 is 17.5. The van der Waals surface area contributed by atoms with Crippen molar-refractivity contribution in [3.8, 4) is 0 Å². The molecule has 1 aliphatic heterocycles. The number of esters is 3. The Labute approximate surface area is 553 Å². The van der Waals surface area contributed by atoms with Gasteiger partial charge in [-0.15, -0.1) is 35.3 Å². The highest BCUT2D eigenvalue weighted by atomic mass is 32.2. The monoisotopic (exact) mass is 1310 g/mol. The number of carbonyl (C=O) groups excluding carboxylic acids is 5. The van der Waals surface area contributed by atoms with Crippen molar-refractivity contribution in [1.29, 1.82) is 0 Å². The lowest BCUT2D eigenvalue weighted by Crippen LogP contribution is -2.50. The maximum absolute atomic E-state index is 15.8. The van der Waals surface area contributed by atoms with Gasteiger partial charge in [-0.1, -0.05) is 159 Å². The third kappa shape index (κ3) is 19.4. The van der Waals surface area contributed by atoms with E-state index in [9.17, 15) is 24.6 Å². The highest BCUT2D eigenvalue weighted by Gasteiger charge is 2.51. The van der Waals surface area contributed by atoms with Crippen LogP contribution in [0.2, 0.25) is 0 Å². The maximum Gasteiger partial charge on any atom is 0.342 e. The van der Waals surface area contributed by atoms with Gasteiger partial charge in [-0.3, -0.25) is 19.2 Å². The molecule has 508 valence electrons. The summed E-state index contributed by atoms with van der Waals surface area (Å²) in [5, 5.41) is 21.2. The number of Topliss-reactive ketones (excluding diaryl/α,β-unsaturated/α-hetero) is 1. The number of rotatable bonds is 28. The molecular weight excluding hydrogens is 1200 g/mol. The van der Waals surface area contributed by atoms with E-state index in [1.54, 1.807) is 6.92 Å². The summed E-state index contributed by atoms with van der Waals surface area (Å²) in [6, 6.07) is 0. The molecule has 5 unspecified atom stereocenters. The number of hydrogen-bond donors (Lipinski definition) is 4. The van der Waals surface area contributed by atoms with E-state index in [4.69, 9.17) is 19.2 Å². The van der Waals surface area contributed by atoms with Crippen LogP contribution in [0, 0.1) is 63.1 Å². The summed E-state index contributed by atoms with van der Waals surface area (Å²) in [5.74, 6) is -3.42. The van der Waals surface area contributed by atoms with Gasteiger partial charge in [-0.25, -0.2) is 19.4 Å². The summed E-state index contributed by atoms with van der Waals surface area (Å²) >= 11 is 3.82. The molecule has 0 saturated heterocycles. The second kappa shape index (κ2) is 31.8. The molecule has 4 N–H and O–H groups in total. The molecule has 4 rings (SSSR count). The number of carboxylic acid groups (broad SMARTS) is 2. The van der Waals surface area contributed by atoms with Crippen molar-refractivity contribution in [2.75, 3.05) is 23.9 Å². The number of ether oxygens (including phenoxy) is 3. The van der Waals surface area contributed by atoms with Gasteiger partial charge in [0.2, 0.25) is 5.91 Å². The number of aliphatic carboxylic acids is 2. The van der Waals surface area contributed by atoms with E-state index in [0.29, 0.717) is 77.2 Å². The van der Waals surface area contributed by atoms with Crippen LogP contribution in [0.15, 0.2) is 34.0 Å². The van der Waals surface area contributed by atoms with E-state index >= 15 is 19.2 Å². The van der Waals surface area contributed by atoms with E-state index in [-0.39, 0.29) is 104 Å². The molecule has 3 aliphatic rings. The van der Waals surface area contributed by atoms with Crippen LogP contribution in [0.4, 0.5) is 0 Å². The summed E-state index contributed by atoms with van der Waals surface area (Å²) in [6.45, 7) is 52.1. The van der Waals surface area contributed by atoms with Gasteiger partial charge in [0.05, 0.1) is 27.2 Å². The Bertz CT molecular complexity index is 2790. The van der Waals surface area contributed by atoms with Gasteiger partial charge >= 0.3 is 29.8 Å². The van der Waals surface area contributed by atoms with Crippen molar-refractivity contribution in [3.63, 3.8) is 0 Å². The van der Waals surface area contributed by atoms with Gasteiger partial charge in [0.15, 0.2) is 5.78 Å². The standard InChI is InChI=1S/C72H115N3O12S3/c1-25-71(26-2,89-30-29-85-63(81)42(9)10)53(76)38-51-57(64(82)86-59-45(67(13,14)15)33-43(11)34-46(59)68(16,17)18)55(40(5)6)49(73-51)37-50-56(41(7)8)58(65(83)87-60-47(69(19,20)21)35-44(12)36-48(60)70(22,23)24)61(74-50)75-66(84)72(27-3,28-4)90-32-31-88-52(62(79)80)39-54(77)78/h37,40-41,43-48,52,59-60,73H,9,25-36,38-39H2,1-8,10-24H3,(H,77,78)(H,79,80)(H,74,75,84)/b50-37-. The maximum atomic E-state index is 15.8. The quantitative estimate of drug-likeness (QED) is 0.0265. The van der Waals surface area contributed by atoms with Crippen LogP contribution in [0.3, 0.4) is 0 Å². The number of ketones is 1. The molecule has 2 aliphatic carbocycles. The first kappa shape index (κ1) is 78.2. The predicted octanol–water partition coefficient (Wildman–Crippen LogP) is 16.4. The molecule has 0 bridgehead atoms. The number of hydrogen-bond acceptors (Lipinski definition) is 14. The zero-order valence-electron chi connectivity index (χ0n) is 59.2. The molecule has 1 aromatic heterocycles. The molecule has 0 spiro atoms. The van der Waals surface area contributed by atoms with E-state index < -0.39 is 69.1 Å². The minimum Gasteiger partial charge on any atom is -0.481 e. The lowest BCUT2D eigenvalue weighted by Gasteiger charge is -2.50. The molecule has 1 aromatic rings. The Morgan fingerprint density at radius 3 is 1.53 bits per heavy atom. The minimum atomic E-state index is -1.22. The SMILES string of the molecule is C=C(C)C(=O)OCCSC(CC)(CC)C(=O)Cc1[nH]c(/C=C2\N=C(NC(=O)C(CC)(CC)SCCSC(CC(=O)O)C(=O)O)C(C(=O)OC3C(C(C)(C)C)CC(C)CC3C(C)(C)C)=C2C(C)C)c(C(C)C)c1C(=O)OC1C(C(C)(C)C)CC(C)CC1C(C)(C)C. The Morgan fingerprint density at radius 1 is 0.678 bits per heavy atom. The second-order valence-corrected chi connectivity index (χ2v) is 35.3. The normalized spacial score (nSPS) is 23.0. The smallest absolute Gasteiger partial charge is 0.342 e. The van der Waals surface area contributed by atoms with Crippen LogP contribution in [-0.4, -0.2) is 113 Å². The lowest BCUT2D eigenvalue weighted by molar-refractivity contribution is -0.164. The van der Waals surface area contributed by atoms with Gasteiger partial charge in [0, 0.05) is 64.3 Å². The van der Waals surface area contributed by atoms with Crippen LogP contribution >= 0.6 is 35.3 Å². The van der Waals surface area contributed by atoms with E-state index in [0.717, 1.165) is 37.4 Å². The minimum absolute atomic E-state index is 0.0000485. The van der Waals surface area contributed by atoms with Crippen molar-refractivity contribution in [1.82, 2.24) is 10.3 Å². The number of amides is 1. The molecule has 15 nitrogen and oxygen atoms in total. The molecule has 1 amide bonds. The number of allylic oxidation sites excluding steroid dienone is 1. The van der Waals surface area contributed by atoms with E-state index in [1.165, 1.54) is 23.5 Å². The van der Waals surface area contributed by atoms with Gasteiger partial charge in [-0.05, 0) is 121 Å². The van der Waals surface area contributed by atoms with Crippen LogP contribution in [0.1, 0.15) is 250 Å². The third-order valence-electron chi connectivity index (χ3n) is 19.4. The Hall–Kier alpha value is -4.29. The van der Waals surface area contributed by atoms with Gasteiger partial charge in [0.25, 0.3) is 0 Å². The molecule has 0 aromatic carbocycles. The fourth-order valence-electron chi connectivity index (χ4n) is 14.0. The second-order valence-electron chi connectivity index (χ2n) is 31.0. The molecular formula is C72H115N3O12S3. The van der Waals surface area contributed by atoms with Gasteiger partial charge in [-0.2, -0.15) is 0 Å². The molecule has 5 atom stereocenters. The predicted molar refractivity (Wildman–Crippen MR) is 370 cm³/mol. The third-order valence-corrected chi connectivity index (χ3v) is 24.3. The zero-order valence-corrected chi connectivity index (χ0v) is 61.6. The largest absolute Gasteiger partial charge is 0.481 e. The molecule has 18 heteroatoms. The first-order valence-electron chi connectivity index (χ1n) is 33.2. The fraction of sp³-hybridized carbons (Fsp3) is 0.750. The molecule has 2 fully saturated rings. The summed E-state index contributed by atoms with van der Waals surface area (Å²) in [4.78, 5) is 107. The van der Waals surface area contributed by atoms with Crippen molar-refractivity contribution < 1.29 is 58.0 Å². The number of carbonyl (C=O) groups is 7. The van der Waals surface area contributed by atoms with Gasteiger partial charge in [0.1, 0.15) is 35.5 Å². The fourth-order valence-corrected chi connectivity index (χ4v) is 17.6. The number of aromatic nitrogens is 1. The first-order valence-corrected chi connectivity index (χ1v) is 36.2. The van der Waals surface area contributed by atoms with E-state index in [2.05, 4.69) is 114 Å². The van der Waals surface area contributed by atoms with Crippen LogP contribution in [0.5, 0.6) is 0 Å². The van der Waals surface area contributed by atoms with Crippen LogP contribution in [0.25, 0.3) is 6.08 Å². The first-order chi connectivity index (χ1) is 41.4. The topological polar surface area (TPSA) is 228 Å². The Kier molecular flexibility index (Phi) is 27.6. The molecule has 0 radical (unpaired) electrons. The van der Waals surface area contributed by atoms with E-state index in [1.807, 2.05) is 61.5 Å². The number of aromatic amines is 1. The Balaban J connectivity index is 2.09. The van der Waals surface area contributed by atoms with Crippen LogP contribution < -0.4 is 5.32 Å². The number of aliphatic imine (C=N–C) groups is 1. The summed E-state index contributed by atoms with van der Waals surface area (Å²) in [7, 11) is 0. The van der Waals surface area contributed by atoms with Crippen LogP contribution in [-0.2, 0) is 49.4 Å². The van der Waals surface area contributed by atoms with Crippen molar-refractivity contribution in [3.05, 3.63) is 51.5 Å². The number of amidine groups is 1. The summed E-state index contributed by atoms with van der Waals surface area (Å²) in [5.41, 5.74) is 2.22. The molecule has 90 heavy (non-hydrogen) atoms. The number of nitrogens with zero attached hydrogens (tertiary/aromatic N) is 1. The van der Waals surface area contributed by atoms with Crippen molar-refractivity contribution >= 4 is 88.7 Å². The lowest BCUT2D eigenvalue weighted by atomic mass is 9.59. The summed E-state index contributed by atoms with van der Waals surface area (Å²) in [6.07, 6.45) is 5.38. The number of carboxylic acids is 2. The van der Waals surface area contributed by atoms with Crippen molar-refractivity contribution in [2.24, 2.45) is 68.1 Å².